The van der Waals surface area contributed by atoms with E-state index < -0.39 is 0 Å². The van der Waals surface area contributed by atoms with Crippen molar-refractivity contribution in [2.45, 2.75) is 45.1 Å². The average Bonchev–Trinajstić information content (AvgIpc) is 2.97. The smallest absolute Gasteiger partial charge is 0.140 e. The van der Waals surface area contributed by atoms with Crippen LogP contribution < -0.4 is 5.73 Å². The molecule has 1 fully saturated rings. The molecule has 1 aromatic carbocycles. The second-order valence-electron chi connectivity index (χ2n) is 5.88. The van der Waals surface area contributed by atoms with Crippen LogP contribution in [0.25, 0.3) is 11.4 Å². The van der Waals surface area contributed by atoms with E-state index in [0.29, 0.717) is 6.04 Å². The van der Waals surface area contributed by atoms with Crippen molar-refractivity contribution in [3.05, 3.63) is 36.7 Å². The highest BCUT2D eigenvalue weighted by atomic mass is 15.1. The molecule has 1 aromatic heterocycles. The lowest BCUT2D eigenvalue weighted by Gasteiger charge is -2.30. The number of nitrogen functional groups attached to an aromatic ring is 1. The summed E-state index contributed by atoms with van der Waals surface area (Å²) in [6.45, 7) is 2.31. The Morgan fingerprint density at radius 1 is 1.35 bits per heavy atom. The van der Waals surface area contributed by atoms with E-state index in [1.165, 1.54) is 32.1 Å². The van der Waals surface area contributed by atoms with Crippen LogP contribution in [-0.2, 0) is 0 Å². The highest BCUT2D eigenvalue weighted by Gasteiger charge is 2.23. The van der Waals surface area contributed by atoms with Crippen molar-refractivity contribution in [3.8, 4) is 11.4 Å². The van der Waals surface area contributed by atoms with Crippen molar-refractivity contribution >= 4 is 5.69 Å². The molecule has 1 heterocycles. The first-order valence-corrected chi connectivity index (χ1v) is 7.66. The van der Waals surface area contributed by atoms with E-state index in [1.54, 1.807) is 0 Å². The Morgan fingerprint density at radius 3 is 3.05 bits per heavy atom. The minimum Gasteiger partial charge on any atom is -0.399 e. The van der Waals surface area contributed by atoms with Gasteiger partial charge in [-0.3, -0.25) is 0 Å². The van der Waals surface area contributed by atoms with E-state index in [9.17, 15) is 0 Å². The summed E-state index contributed by atoms with van der Waals surface area (Å²) in [5.41, 5.74) is 7.82. The standard InChI is InChI=1S/C17H23N3/c1-2-13-5-3-8-16(11-13)20-10-9-19-17(20)14-6-4-7-15(18)12-14/h4,6-7,9-10,12-13,16H,2-3,5,8,11,18H2,1H3. The molecule has 3 heteroatoms. The van der Waals surface area contributed by atoms with Gasteiger partial charge in [-0.15, -0.1) is 0 Å². The number of hydrogen-bond acceptors (Lipinski definition) is 2. The zero-order valence-corrected chi connectivity index (χ0v) is 12.1. The Hall–Kier alpha value is -1.77. The summed E-state index contributed by atoms with van der Waals surface area (Å²) < 4.78 is 2.36. The van der Waals surface area contributed by atoms with Crippen LogP contribution in [0.2, 0.25) is 0 Å². The lowest BCUT2D eigenvalue weighted by atomic mass is 9.84. The maximum absolute atomic E-state index is 5.90. The summed E-state index contributed by atoms with van der Waals surface area (Å²) >= 11 is 0. The lowest BCUT2D eigenvalue weighted by molar-refractivity contribution is 0.263. The molecule has 3 nitrogen and oxygen atoms in total. The Morgan fingerprint density at radius 2 is 2.25 bits per heavy atom. The number of nitrogens with two attached hydrogens (primary N) is 1. The highest BCUT2D eigenvalue weighted by molar-refractivity contribution is 5.61. The summed E-state index contributed by atoms with van der Waals surface area (Å²) in [7, 11) is 0. The van der Waals surface area contributed by atoms with Gasteiger partial charge in [0.25, 0.3) is 0 Å². The van der Waals surface area contributed by atoms with Crippen molar-refractivity contribution < 1.29 is 0 Å². The largest absolute Gasteiger partial charge is 0.399 e. The number of benzene rings is 1. The molecule has 0 aliphatic heterocycles. The van der Waals surface area contributed by atoms with Gasteiger partial charge in [-0.05, 0) is 30.9 Å². The van der Waals surface area contributed by atoms with E-state index in [-0.39, 0.29) is 0 Å². The van der Waals surface area contributed by atoms with Crippen molar-refractivity contribution in [3.63, 3.8) is 0 Å². The van der Waals surface area contributed by atoms with Gasteiger partial charge in [-0.1, -0.05) is 38.3 Å². The summed E-state index contributed by atoms with van der Waals surface area (Å²) in [5.74, 6) is 1.92. The normalized spacial score (nSPS) is 22.9. The number of anilines is 1. The first-order valence-electron chi connectivity index (χ1n) is 7.66. The highest BCUT2D eigenvalue weighted by Crippen LogP contribution is 2.36. The third-order valence-electron chi connectivity index (χ3n) is 4.54. The van der Waals surface area contributed by atoms with E-state index in [2.05, 4.69) is 28.7 Å². The van der Waals surface area contributed by atoms with Crippen LogP contribution in [0.3, 0.4) is 0 Å². The van der Waals surface area contributed by atoms with Crippen LogP contribution >= 0.6 is 0 Å². The molecule has 1 saturated carbocycles. The molecule has 0 amide bonds. The number of imidazole rings is 1. The van der Waals surface area contributed by atoms with E-state index >= 15 is 0 Å². The molecule has 2 N–H and O–H groups in total. The van der Waals surface area contributed by atoms with Crippen molar-refractivity contribution in [1.82, 2.24) is 9.55 Å². The first kappa shape index (κ1) is 13.2. The Bertz CT molecular complexity index is 573. The molecule has 0 saturated heterocycles. The Kier molecular flexibility index (Phi) is 3.77. The molecule has 1 aliphatic carbocycles. The second kappa shape index (κ2) is 5.70. The summed E-state index contributed by atoms with van der Waals surface area (Å²) in [6, 6.07) is 8.62. The molecule has 3 rings (SSSR count). The average molecular weight is 269 g/mol. The van der Waals surface area contributed by atoms with Gasteiger partial charge in [0.05, 0.1) is 0 Å². The second-order valence-corrected chi connectivity index (χ2v) is 5.88. The van der Waals surface area contributed by atoms with Gasteiger partial charge < -0.3 is 10.3 Å². The fourth-order valence-electron chi connectivity index (χ4n) is 3.40. The molecule has 2 unspecified atom stereocenters. The molecule has 20 heavy (non-hydrogen) atoms. The third-order valence-corrected chi connectivity index (χ3v) is 4.54. The maximum Gasteiger partial charge on any atom is 0.140 e. The molecule has 2 atom stereocenters. The van der Waals surface area contributed by atoms with Crippen LogP contribution in [0.1, 0.15) is 45.1 Å². The molecule has 106 valence electrons. The monoisotopic (exact) mass is 269 g/mol. The molecular weight excluding hydrogens is 246 g/mol. The maximum atomic E-state index is 5.90. The molecule has 0 radical (unpaired) electrons. The molecule has 0 spiro atoms. The van der Waals surface area contributed by atoms with Crippen LogP contribution in [0.15, 0.2) is 36.7 Å². The SMILES string of the molecule is CCC1CCCC(n2ccnc2-c2cccc(N)c2)C1. The minimum atomic E-state index is 0.590. The summed E-state index contributed by atoms with van der Waals surface area (Å²) in [5, 5.41) is 0. The Labute approximate surface area is 120 Å². The van der Waals surface area contributed by atoms with Crippen molar-refractivity contribution in [1.29, 1.82) is 0 Å². The zero-order chi connectivity index (χ0) is 13.9. The lowest BCUT2D eigenvalue weighted by Crippen LogP contribution is -2.19. The molecule has 2 aromatic rings. The van der Waals surface area contributed by atoms with Gasteiger partial charge in [0, 0.05) is 29.7 Å². The fourth-order valence-corrected chi connectivity index (χ4v) is 3.40. The van der Waals surface area contributed by atoms with Crippen molar-refractivity contribution in [2.75, 3.05) is 5.73 Å². The molecule has 0 bridgehead atoms. The van der Waals surface area contributed by atoms with E-state index in [4.69, 9.17) is 5.73 Å². The quantitative estimate of drug-likeness (QED) is 0.845. The summed E-state index contributed by atoms with van der Waals surface area (Å²) in [6.07, 6.45) is 10.6. The zero-order valence-electron chi connectivity index (χ0n) is 12.1. The predicted molar refractivity (Wildman–Crippen MR) is 83.4 cm³/mol. The predicted octanol–water partition coefficient (Wildman–Crippen LogP) is 4.27. The molecular formula is C17H23N3. The van der Waals surface area contributed by atoms with Gasteiger partial charge in [0.2, 0.25) is 0 Å². The fraction of sp³-hybridized carbons (Fsp3) is 0.471. The minimum absolute atomic E-state index is 0.590. The Balaban J connectivity index is 1.90. The van der Waals surface area contributed by atoms with Crippen LogP contribution in [0, 0.1) is 5.92 Å². The first-order chi connectivity index (χ1) is 9.78. The van der Waals surface area contributed by atoms with Crippen LogP contribution in [0.4, 0.5) is 5.69 Å². The van der Waals surface area contributed by atoms with Crippen LogP contribution in [-0.4, -0.2) is 9.55 Å². The van der Waals surface area contributed by atoms with E-state index in [0.717, 1.165) is 23.0 Å². The number of hydrogen-bond donors (Lipinski definition) is 1. The van der Waals surface area contributed by atoms with E-state index in [1.807, 2.05) is 24.4 Å². The van der Waals surface area contributed by atoms with Gasteiger partial charge in [-0.25, -0.2) is 4.98 Å². The topological polar surface area (TPSA) is 43.8 Å². The van der Waals surface area contributed by atoms with Gasteiger partial charge >= 0.3 is 0 Å². The van der Waals surface area contributed by atoms with Crippen molar-refractivity contribution in [2.24, 2.45) is 5.92 Å². The van der Waals surface area contributed by atoms with Gasteiger partial charge in [0.1, 0.15) is 5.82 Å². The van der Waals surface area contributed by atoms with Crippen LogP contribution in [0.5, 0.6) is 0 Å². The number of rotatable bonds is 3. The summed E-state index contributed by atoms with van der Waals surface area (Å²) in [4.78, 5) is 4.56. The third kappa shape index (κ3) is 2.58. The van der Waals surface area contributed by atoms with Gasteiger partial charge in [0.15, 0.2) is 0 Å². The number of nitrogens with zero attached hydrogens (tertiary/aromatic N) is 2. The number of aromatic nitrogens is 2. The molecule has 1 aliphatic rings. The van der Waals surface area contributed by atoms with Gasteiger partial charge in [-0.2, -0.15) is 0 Å².